The molecule has 0 aromatic heterocycles. The molecule has 0 spiro atoms. The van der Waals surface area contributed by atoms with Crippen molar-refractivity contribution in [3.8, 4) is 0 Å². The molecule has 0 rings (SSSR count). The van der Waals surface area contributed by atoms with E-state index in [-0.39, 0.29) is 64.5 Å². The average molecular weight is 532 g/mol. The van der Waals surface area contributed by atoms with Gasteiger partial charge < -0.3 is 39.1 Å². The Hall–Kier alpha value is 2.16. The summed E-state index contributed by atoms with van der Waals surface area (Å²) in [6.07, 6.45) is -1.55. The molecule has 0 fully saturated rings. The Kier molecular flexibility index (Phi) is 16.6. The van der Waals surface area contributed by atoms with E-state index in [1.807, 2.05) is 0 Å². The van der Waals surface area contributed by atoms with Crippen LogP contribution in [-0.2, 0) is 18.3 Å². The minimum atomic E-state index is -4.49. The zero-order valence-electron chi connectivity index (χ0n) is 15.0. The Morgan fingerprint density at radius 3 is 0.828 bits per heavy atom. The van der Waals surface area contributed by atoms with Crippen LogP contribution in [0.3, 0.4) is 0 Å². The molecule has 29 heavy (non-hydrogen) atoms. The van der Waals surface area contributed by atoms with Gasteiger partial charge in [0.05, 0.1) is 0 Å². The first-order valence-corrected chi connectivity index (χ1v) is 15.2. The number of nitrogens with zero attached hydrogens (tertiary/aromatic N) is 2. The maximum absolute atomic E-state index is 11.0. The van der Waals surface area contributed by atoms with Crippen LogP contribution >= 0.6 is 30.4 Å². The molecule has 0 radical (unpaired) electrons. The van der Waals surface area contributed by atoms with E-state index in [2.05, 4.69) is 0 Å². The number of rotatable bonds is 15. The molecule has 0 unspecified atom stereocenters. The Labute approximate surface area is 211 Å². The molecule has 172 valence electrons. The van der Waals surface area contributed by atoms with Gasteiger partial charge in [0.15, 0.2) is 0 Å². The third kappa shape index (κ3) is 24.6. The second-order valence-electron chi connectivity index (χ2n) is 6.43. The first-order valence-electron chi connectivity index (χ1n) is 7.99. The van der Waals surface area contributed by atoms with Gasteiger partial charge in [-0.15, -0.1) is 0 Å². The van der Waals surface area contributed by atoms with Gasteiger partial charge in [-0.2, -0.15) is 0 Å². The Morgan fingerprint density at radius 2 is 0.655 bits per heavy atom. The Morgan fingerprint density at radius 1 is 0.448 bits per heavy atom. The number of unbranched alkanes of at least 4 members (excludes halogenated alkanes) is 3. The van der Waals surface area contributed by atoms with Crippen molar-refractivity contribution in [3.05, 3.63) is 0 Å². The van der Waals surface area contributed by atoms with E-state index in [0.29, 0.717) is 25.7 Å². The van der Waals surface area contributed by atoms with E-state index < -0.39 is 55.5 Å². The molecule has 0 saturated carbocycles. The van der Waals surface area contributed by atoms with E-state index in [0.717, 1.165) is 9.80 Å². The summed E-state index contributed by atoms with van der Waals surface area (Å²) in [4.78, 5) is 73.6. The summed E-state index contributed by atoms with van der Waals surface area (Å²) in [5.74, 6) is 0. The van der Waals surface area contributed by atoms with Gasteiger partial charge in [0.25, 0.3) is 0 Å². The molecule has 19 heteroatoms. The van der Waals surface area contributed by atoms with E-state index >= 15 is 0 Å². The minimum absolute atomic E-state index is 0. The van der Waals surface area contributed by atoms with Gasteiger partial charge in [0.1, 0.15) is 25.1 Å². The van der Waals surface area contributed by atoms with E-state index in [1.54, 1.807) is 0 Å². The van der Waals surface area contributed by atoms with Gasteiger partial charge >= 0.3 is 81.8 Å². The fourth-order valence-corrected chi connectivity index (χ4v) is 5.80. The van der Waals surface area contributed by atoms with Crippen molar-refractivity contribution >= 4 is 81.8 Å². The third-order valence-corrected chi connectivity index (χ3v) is 6.31. The molecule has 0 heterocycles. The number of hydrogen-bond acceptors (Lipinski definition) is 6. The second-order valence-corrected chi connectivity index (χ2v) is 12.9. The van der Waals surface area contributed by atoms with Crippen molar-refractivity contribution in [3.63, 3.8) is 0 Å². The molecule has 8 N–H and O–H groups in total. The second kappa shape index (κ2) is 14.4. The van der Waals surface area contributed by atoms with Crippen molar-refractivity contribution in [2.45, 2.75) is 25.7 Å². The summed E-state index contributed by atoms with van der Waals surface area (Å²) >= 11 is 0. The Balaban J connectivity index is 0. The first-order chi connectivity index (χ1) is 12.4. The van der Waals surface area contributed by atoms with Crippen molar-refractivity contribution in [1.82, 2.24) is 9.80 Å². The third-order valence-electron chi connectivity index (χ3n) is 3.24. The summed E-state index contributed by atoms with van der Waals surface area (Å²) in [5, 5.41) is 0. The molecule has 0 aliphatic heterocycles. The fourth-order valence-electron chi connectivity index (χ4n) is 2.44. The zero-order chi connectivity index (χ0) is 22.2. The molecule has 0 bridgehead atoms. The number of hydrogen-bond donors (Lipinski definition) is 8. The van der Waals surface area contributed by atoms with Crippen LogP contribution in [0.25, 0.3) is 0 Å². The molecule has 0 saturated heterocycles. The summed E-state index contributed by atoms with van der Waals surface area (Å²) in [6.45, 7) is 0.0375. The predicted octanol–water partition coefficient (Wildman–Crippen LogP) is -0.957. The van der Waals surface area contributed by atoms with Crippen LogP contribution in [-0.4, -0.2) is 139 Å². The van der Waals surface area contributed by atoms with Crippen molar-refractivity contribution in [2.75, 3.05) is 38.2 Å². The van der Waals surface area contributed by atoms with Gasteiger partial charge in [-0.25, -0.2) is 0 Å². The van der Waals surface area contributed by atoms with Gasteiger partial charge in [-0.05, 0) is 25.9 Å². The van der Waals surface area contributed by atoms with E-state index in [4.69, 9.17) is 39.1 Å². The van der Waals surface area contributed by atoms with Crippen LogP contribution in [0, 0.1) is 0 Å². The standard InChI is InChI=1S/C10H28N2O12P4.K.H/c13-25(14,15)7-11(8-26(16,17)18)5-3-1-2-4-6-12(9-27(19,20)21)10-28(22,23)24;;/h1-10H2,(H2,13,14,15)(H2,16,17,18)(H2,19,20,21)(H2,22,23,24);;. The van der Waals surface area contributed by atoms with Gasteiger partial charge in [0.2, 0.25) is 0 Å². The molecule has 0 amide bonds. The molecule has 0 atom stereocenters. The molecular formula is C10H29KN2O12P4. The van der Waals surface area contributed by atoms with Gasteiger partial charge in [0, 0.05) is 0 Å². The summed E-state index contributed by atoms with van der Waals surface area (Å²) in [7, 11) is -18.0. The van der Waals surface area contributed by atoms with Crippen LogP contribution in [0.1, 0.15) is 25.7 Å². The molecule has 0 aliphatic rings. The summed E-state index contributed by atoms with van der Waals surface area (Å²) < 4.78 is 44.1. The molecule has 14 nitrogen and oxygen atoms in total. The Bertz CT molecular complexity index is 553. The fraction of sp³-hybridized carbons (Fsp3) is 1.00. The molecule has 0 aromatic rings. The average Bonchev–Trinajstić information content (AvgIpc) is 2.34. The van der Waals surface area contributed by atoms with Crippen LogP contribution in [0.5, 0.6) is 0 Å². The van der Waals surface area contributed by atoms with Crippen molar-refractivity contribution < 1.29 is 57.4 Å². The van der Waals surface area contributed by atoms with Crippen molar-refractivity contribution in [1.29, 1.82) is 0 Å². The van der Waals surface area contributed by atoms with Crippen LogP contribution in [0.2, 0.25) is 0 Å². The molecular weight excluding hydrogens is 503 g/mol. The van der Waals surface area contributed by atoms with Crippen LogP contribution < -0.4 is 0 Å². The molecule has 0 aliphatic carbocycles. The van der Waals surface area contributed by atoms with Gasteiger partial charge in [-0.3, -0.25) is 28.1 Å². The van der Waals surface area contributed by atoms with Crippen LogP contribution in [0.4, 0.5) is 0 Å². The monoisotopic (exact) mass is 532 g/mol. The van der Waals surface area contributed by atoms with Gasteiger partial charge in [-0.1, -0.05) is 12.8 Å². The van der Waals surface area contributed by atoms with E-state index in [1.165, 1.54) is 0 Å². The predicted molar refractivity (Wildman–Crippen MR) is 107 cm³/mol. The van der Waals surface area contributed by atoms with Crippen molar-refractivity contribution in [2.24, 2.45) is 0 Å². The molecule has 0 aromatic carbocycles. The normalized spacial score (nSPS) is 13.7. The SMILES string of the molecule is O=P(O)(O)CN(CCCCCCN(CP(=O)(O)O)CP(=O)(O)O)CP(=O)(O)O.[KH]. The quantitative estimate of drug-likeness (QED) is 0.0721. The topological polar surface area (TPSA) is 237 Å². The first kappa shape index (κ1) is 33.3. The van der Waals surface area contributed by atoms with Crippen LogP contribution in [0.15, 0.2) is 0 Å². The summed E-state index contributed by atoms with van der Waals surface area (Å²) in [6, 6.07) is 0. The zero-order valence-corrected chi connectivity index (χ0v) is 18.5. The van der Waals surface area contributed by atoms with E-state index in [9.17, 15) is 18.3 Å². The summed E-state index contributed by atoms with van der Waals surface area (Å²) in [5.41, 5.74) is 0. The maximum atomic E-state index is 11.0.